The number of carbonyl (C=O) groups excluding carboxylic acids is 1. The minimum atomic E-state index is -0.552. The van der Waals surface area contributed by atoms with Crippen molar-refractivity contribution in [2.75, 3.05) is 26.7 Å². The Kier molecular flexibility index (Phi) is 7.04. The number of rotatable bonds is 5. The third-order valence-corrected chi connectivity index (χ3v) is 5.30. The maximum atomic E-state index is 13.2. The Morgan fingerprint density at radius 3 is 2.60 bits per heavy atom. The van der Waals surface area contributed by atoms with Gasteiger partial charge >= 0.3 is 0 Å². The van der Waals surface area contributed by atoms with Crippen molar-refractivity contribution in [2.45, 2.75) is 24.8 Å². The molecule has 3 rings (SSSR count). The van der Waals surface area contributed by atoms with Crippen LogP contribution in [0.5, 0.6) is 0 Å². The third-order valence-electron chi connectivity index (χ3n) is 4.77. The molecule has 1 aliphatic heterocycles. The van der Waals surface area contributed by atoms with Crippen LogP contribution in [0.3, 0.4) is 0 Å². The van der Waals surface area contributed by atoms with Crippen LogP contribution < -0.4 is 5.32 Å². The molecule has 1 amide bonds. The van der Waals surface area contributed by atoms with E-state index >= 15 is 0 Å². The summed E-state index contributed by atoms with van der Waals surface area (Å²) in [4.78, 5) is 15.1. The van der Waals surface area contributed by atoms with Gasteiger partial charge in [0.15, 0.2) is 0 Å². The predicted molar refractivity (Wildman–Crippen MR) is 105 cm³/mol. The Morgan fingerprint density at radius 1 is 1.32 bits per heavy atom. The van der Waals surface area contributed by atoms with Gasteiger partial charge in [-0.25, -0.2) is 0 Å². The van der Waals surface area contributed by atoms with E-state index in [2.05, 4.69) is 38.5 Å². The molecular weight excluding hydrogens is 404 g/mol. The van der Waals surface area contributed by atoms with Gasteiger partial charge in [-0.05, 0) is 56.1 Å². The molecule has 0 spiro atoms. The normalized spacial score (nSPS) is 16.1. The summed E-state index contributed by atoms with van der Waals surface area (Å²) in [5, 5.41) is 7.72. The van der Waals surface area contributed by atoms with Gasteiger partial charge in [0.2, 0.25) is 5.91 Å². The molecule has 1 aromatic carbocycles. The van der Waals surface area contributed by atoms with Crippen LogP contribution in [-0.4, -0.2) is 47.3 Å². The van der Waals surface area contributed by atoms with Crippen molar-refractivity contribution in [3.8, 4) is 0 Å². The third kappa shape index (κ3) is 4.43. The molecule has 2 heterocycles. The molecule has 0 unspecified atom stereocenters. The number of benzene rings is 1. The molecule has 1 aliphatic rings. The highest BCUT2D eigenvalue weighted by Gasteiger charge is 2.43. The monoisotopic (exact) mass is 426 g/mol. The zero-order chi connectivity index (χ0) is 17.0. The van der Waals surface area contributed by atoms with E-state index < -0.39 is 5.54 Å². The van der Waals surface area contributed by atoms with Crippen molar-refractivity contribution in [3.05, 3.63) is 52.8 Å². The minimum absolute atomic E-state index is 0. The highest BCUT2D eigenvalue weighted by Crippen LogP contribution is 2.29. The number of nitrogens with zero attached hydrogens (tertiary/aromatic N) is 3. The van der Waals surface area contributed by atoms with E-state index in [4.69, 9.17) is 0 Å². The molecular formula is C18H24BrClN4O. The molecule has 0 saturated carbocycles. The first kappa shape index (κ1) is 19.9. The smallest absolute Gasteiger partial charge is 0.250 e. The second-order valence-electron chi connectivity index (χ2n) is 6.34. The zero-order valence-corrected chi connectivity index (χ0v) is 16.7. The van der Waals surface area contributed by atoms with Gasteiger partial charge in [-0.15, -0.1) is 12.4 Å². The maximum Gasteiger partial charge on any atom is 0.250 e. The molecule has 0 bridgehead atoms. The highest BCUT2D eigenvalue weighted by atomic mass is 79.9. The van der Waals surface area contributed by atoms with Gasteiger partial charge in [0.25, 0.3) is 0 Å². The number of nitrogens with one attached hydrogen (secondary N) is 1. The van der Waals surface area contributed by atoms with Crippen molar-refractivity contribution in [1.82, 2.24) is 20.0 Å². The van der Waals surface area contributed by atoms with Crippen molar-refractivity contribution < 1.29 is 4.79 Å². The number of likely N-dealkylation sites (N-methyl/N-ethyl adjacent to an activating group) is 1. The minimum Gasteiger partial charge on any atom is -0.343 e. The predicted octanol–water partition coefficient (Wildman–Crippen LogP) is 2.85. The van der Waals surface area contributed by atoms with Crippen molar-refractivity contribution in [2.24, 2.45) is 0 Å². The SMILES string of the molecule is CN(CCc1ccc(Br)cc1)C(=O)C1(n2cccn2)CCNCC1.Cl. The van der Waals surface area contributed by atoms with Crippen molar-refractivity contribution in [3.63, 3.8) is 0 Å². The fraction of sp³-hybridized carbons (Fsp3) is 0.444. The molecule has 25 heavy (non-hydrogen) atoms. The van der Waals surface area contributed by atoms with Crippen molar-refractivity contribution in [1.29, 1.82) is 0 Å². The molecule has 1 fully saturated rings. The lowest BCUT2D eigenvalue weighted by Crippen LogP contribution is -2.55. The summed E-state index contributed by atoms with van der Waals surface area (Å²) in [5.74, 6) is 0.157. The Hall–Kier alpha value is -1.37. The first-order valence-electron chi connectivity index (χ1n) is 8.33. The zero-order valence-electron chi connectivity index (χ0n) is 14.3. The molecule has 136 valence electrons. The Bertz CT molecular complexity index is 669. The van der Waals surface area contributed by atoms with Crippen LogP contribution >= 0.6 is 28.3 Å². The second kappa shape index (κ2) is 8.83. The Labute approximate surface area is 163 Å². The lowest BCUT2D eigenvalue weighted by atomic mass is 9.87. The van der Waals surface area contributed by atoms with Gasteiger partial charge < -0.3 is 10.2 Å². The highest BCUT2D eigenvalue weighted by molar-refractivity contribution is 9.10. The van der Waals surface area contributed by atoms with Gasteiger partial charge in [-0.2, -0.15) is 5.10 Å². The van der Waals surface area contributed by atoms with Crippen LogP contribution in [0.25, 0.3) is 0 Å². The average molecular weight is 428 g/mol. The van der Waals surface area contributed by atoms with E-state index in [1.54, 1.807) is 6.20 Å². The van der Waals surface area contributed by atoms with Gasteiger partial charge in [0, 0.05) is 30.5 Å². The number of carbonyl (C=O) groups is 1. The van der Waals surface area contributed by atoms with Crippen LogP contribution in [-0.2, 0) is 16.8 Å². The van der Waals surface area contributed by atoms with Crippen LogP contribution in [0.2, 0.25) is 0 Å². The van der Waals surface area contributed by atoms with Crippen LogP contribution in [0.15, 0.2) is 47.2 Å². The summed E-state index contributed by atoms with van der Waals surface area (Å²) in [6.45, 7) is 2.38. The molecule has 1 saturated heterocycles. The molecule has 7 heteroatoms. The van der Waals surface area contributed by atoms with E-state index in [9.17, 15) is 4.79 Å². The standard InChI is InChI=1S/C18H23BrN4O.ClH/c1-22(14-7-15-3-5-16(19)6-4-15)17(24)18(8-11-20-12-9-18)23-13-2-10-21-23;/h2-6,10,13,20H,7-9,11-12,14H2,1H3;1H. The van der Waals surface area contributed by atoms with Crippen molar-refractivity contribution >= 4 is 34.2 Å². The Balaban J connectivity index is 0.00000225. The lowest BCUT2D eigenvalue weighted by molar-refractivity contribution is -0.141. The quantitative estimate of drug-likeness (QED) is 0.798. The lowest BCUT2D eigenvalue weighted by Gasteiger charge is -2.39. The maximum absolute atomic E-state index is 13.2. The van der Waals surface area contributed by atoms with Gasteiger partial charge in [-0.1, -0.05) is 28.1 Å². The fourth-order valence-electron chi connectivity index (χ4n) is 3.31. The summed E-state index contributed by atoms with van der Waals surface area (Å²) in [7, 11) is 1.90. The molecule has 0 radical (unpaired) electrons. The second-order valence-corrected chi connectivity index (χ2v) is 7.25. The summed E-state index contributed by atoms with van der Waals surface area (Å²) in [6, 6.07) is 10.1. The summed E-state index contributed by atoms with van der Waals surface area (Å²) >= 11 is 3.45. The average Bonchev–Trinajstić information content (AvgIpc) is 3.16. The number of amides is 1. The number of hydrogen-bond acceptors (Lipinski definition) is 3. The van der Waals surface area contributed by atoms with Gasteiger partial charge in [-0.3, -0.25) is 9.48 Å². The van der Waals surface area contributed by atoms with E-state index in [0.29, 0.717) is 6.54 Å². The first-order valence-corrected chi connectivity index (χ1v) is 9.12. The number of piperidine rings is 1. The van der Waals surface area contributed by atoms with Gasteiger partial charge in [0.05, 0.1) is 0 Å². The molecule has 0 atom stereocenters. The summed E-state index contributed by atoms with van der Waals surface area (Å²) in [6.07, 6.45) is 6.06. The topological polar surface area (TPSA) is 50.2 Å². The largest absolute Gasteiger partial charge is 0.343 e. The van der Waals surface area contributed by atoms with E-state index in [-0.39, 0.29) is 18.3 Å². The molecule has 0 aliphatic carbocycles. The van der Waals surface area contributed by atoms with E-state index in [0.717, 1.165) is 36.8 Å². The number of halogens is 2. The van der Waals surface area contributed by atoms with E-state index in [1.807, 2.05) is 41.0 Å². The molecule has 1 N–H and O–H groups in total. The summed E-state index contributed by atoms with van der Waals surface area (Å²) < 4.78 is 2.93. The number of aromatic nitrogens is 2. The molecule has 1 aromatic heterocycles. The van der Waals surface area contributed by atoms with Crippen LogP contribution in [0, 0.1) is 0 Å². The molecule has 2 aromatic rings. The van der Waals surface area contributed by atoms with E-state index in [1.165, 1.54) is 5.56 Å². The fourth-order valence-corrected chi connectivity index (χ4v) is 3.57. The van der Waals surface area contributed by atoms with Gasteiger partial charge in [0.1, 0.15) is 5.54 Å². The van der Waals surface area contributed by atoms with Crippen LogP contribution in [0.4, 0.5) is 0 Å². The van der Waals surface area contributed by atoms with Crippen LogP contribution in [0.1, 0.15) is 18.4 Å². The summed E-state index contributed by atoms with van der Waals surface area (Å²) in [5.41, 5.74) is 0.680. The first-order chi connectivity index (χ1) is 11.6. The Morgan fingerprint density at radius 2 is 2.00 bits per heavy atom. The molecule has 5 nitrogen and oxygen atoms in total. The number of hydrogen-bond donors (Lipinski definition) is 1.